The summed E-state index contributed by atoms with van der Waals surface area (Å²) < 4.78 is 0. The van der Waals surface area contributed by atoms with Crippen LogP contribution in [0.3, 0.4) is 0 Å². The van der Waals surface area contributed by atoms with Gasteiger partial charge in [0, 0.05) is 11.9 Å². The second-order valence-electron chi connectivity index (χ2n) is 8.67. The third-order valence-electron chi connectivity index (χ3n) is 6.07. The number of aliphatic carboxylic acids is 1. The number of likely N-dealkylation sites (N-methyl/N-ethyl adjacent to an activating group) is 1. The smallest absolute Gasteiger partial charge is 0.323 e. The van der Waals surface area contributed by atoms with Gasteiger partial charge in [0.15, 0.2) is 0 Å². The normalized spacial score (nSPS) is 11.1. The van der Waals surface area contributed by atoms with E-state index in [0.717, 1.165) is 28.5 Å². The Bertz CT molecular complexity index is 1030. The van der Waals surface area contributed by atoms with E-state index in [0.29, 0.717) is 12.4 Å². The monoisotopic (exact) mass is 432 g/mol. The molecule has 0 radical (unpaired) electrons. The molecule has 0 aliphatic heterocycles. The first-order valence-electron chi connectivity index (χ1n) is 12.0. The predicted octanol–water partition coefficient (Wildman–Crippen LogP) is 7.02. The molecule has 0 fully saturated rings. The van der Waals surface area contributed by atoms with Crippen LogP contribution in [-0.2, 0) is 11.2 Å². The minimum atomic E-state index is -0.847. The average Bonchev–Trinajstić information content (AvgIpc) is 2.79. The minimum absolute atomic E-state index is 0.0571. The van der Waals surface area contributed by atoms with E-state index in [9.17, 15) is 9.90 Å². The van der Waals surface area contributed by atoms with Crippen LogP contribution in [0.5, 0.6) is 0 Å². The number of carbonyl (C=O) groups is 1. The summed E-state index contributed by atoms with van der Waals surface area (Å²) in [7, 11) is 0. The zero-order chi connectivity index (χ0) is 22.9. The van der Waals surface area contributed by atoms with Crippen molar-refractivity contribution in [3.05, 3.63) is 59.7 Å². The highest BCUT2D eigenvalue weighted by Gasteiger charge is 2.15. The largest absolute Gasteiger partial charge is 0.480 e. The Hall–Kier alpha value is -2.88. The lowest BCUT2D eigenvalue weighted by atomic mass is 9.97. The van der Waals surface area contributed by atoms with Crippen LogP contribution in [0.2, 0.25) is 0 Å². The van der Waals surface area contributed by atoms with Crippen LogP contribution in [0.1, 0.15) is 63.5 Å². The summed E-state index contributed by atoms with van der Waals surface area (Å²) in [6.45, 7) is 6.84. The molecule has 0 saturated heterocycles. The van der Waals surface area contributed by atoms with E-state index in [1.54, 1.807) is 0 Å². The molecule has 3 rings (SSSR count). The van der Waals surface area contributed by atoms with Crippen molar-refractivity contribution in [2.24, 2.45) is 0 Å². The number of benzene rings is 2. The lowest BCUT2D eigenvalue weighted by Crippen LogP contribution is -2.30. The van der Waals surface area contributed by atoms with E-state index in [1.165, 1.54) is 49.7 Å². The van der Waals surface area contributed by atoms with Crippen molar-refractivity contribution < 1.29 is 9.90 Å². The van der Waals surface area contributed by atoms with Crippen molar-refractivity contribution >= 4 is 22.7 Å². The zero-order valence-electron chi connectivity index (χ0n) is 19.7. The van der Waals surface area contributed by atoms with Gasteiger partial charge < -0.3 is 10.0 Å². The number of aromatic nitrogens is 1. The fourth-order valence-corrected chi connectivity index (χ4v) is 4.18. The molecule has 1 heterocycles. The van der Waals surface area contributed by atoms with Crippen LogP contribution in [0.25, 0.3) is 22.0 Å². The van der Waals surface area contributed by atoms with Crippen molar-refractivity contribution in [2.45, 2.75) is 65.7 Å². The fraction of sp³-hybridized carbons (Fsp3) is 0.429. The first-order valence-corrected chi connectivity index (χ1v) is 12.0. The lowest BCUT2D eigenvalue weighted by molar-refractivity contribution is -0.135. The van der Waals surface area contributed by atoms with Crippen LogP contribution >= 0.6 is 0 Å². The average molecular weight is 433 g/mol. The van der Waals surface area contributed by atoms with Crippen LogP contribution in [-0.4, -0.2) is 29.1 Å². The van der Waals surface area contributed by atoms with Gasteiger partial charge >= 0.3 is 5.97 Å². The van der Waals surface area contributed by atoms with Crippen LogP contribution < -0.4 is 4.90 Å². The highest BCUT2D eigenvalue weighted by Crippen LogP contribution is 2.32. The Labute approximate surface area is 192 Å². The van der Waals surface area contributed by atoms with Crippen molar-refractivity contribution in [1.29, 1.82) is 0 Å². The van der Waals surface area contributed by atoms with Crippen molar-refractivity contribution in [3.8, 4) is 11.1 Å². The van der Waals surface area contributed by atoms with Crippen molar-refractivity contribution in [1.82, 2.24) is 4.98 Å². The van der Waals surface area contributed by atoms with Gasteiger partial charge in [-0.1, -0.05) is 74.9 Å². The molecule has 170 valence electrons. The standard InChI is InChI=1S/C28H36N2O2/c1-4-6-7-8-9-10-11-22-14-17-26-25(18-22)24(23-15-12-21(3)13-16-23)19-27(29-26)30(5-2)20-28(31)32/h12-19H,4-11,20H2,1-3H3,(H,31,32). The number of hydrogen-bond donors (Lipinski definition) is 1. The fourth-order valence-electron chi connectivity index (χ4n) is 4.18. The van der Waals surface area contributed by atoms with E-state index >= 15 is 0 Å². The van der Waals surface area contributed by atoms with Gasteiger partial charge in [-0.15, -0.1) is 0 Å². The Morgan fingerprint density at radius 1 is 0.938 bits per heavy atom. The third kappa shape index (κ3) is 6.32. The summed E-state index contributed by atoms with van der Waals surface area (Å²) in [6, 6.07) is 17.1. The molecule has 0 spiro atoms. The molecular weight excluding hydrogens is 396 g/mol. The summed E-state index contributed by atoms with van der Waals surface area (Å²) in [5.74, 6) is -0.137. The van der Waals surface area contributed by atoms with Crippen LogP contribution in [0, 0.1) is 6.92 Å². The summed E-state index contributed by atoms with van der Waals surface area (Å²) in [6.07, 6.45) is 8.84. The number of aryl methyl sites for hydroxylation is 2. The Morgan fingerprint density at radius 2 is 1.66 bits per heavy atom. The maximum atomic E-state index is 11.4. The number of fused-ring (bicyclic) bond motifs is 1. The molecule has 2 aromatic carbocycles. The molecule has 0 unspecified atom stereocenters. The number of hydrogen-bond acceptors (Lipinski definition) is 3. The first-order chi connectivity index (χ1) is 15.5. The Balaban J connectivity index is 1.95. The second kappa shape index (κ2) is 11.7. The third-order valence-corrected chi connectivity index (χ3v) is 6.07. The van der Waals surface area contributed by atoms with Gasteiger partial charge in [-0.2, -0.15) is 0 Å². The number of rotatable bonds is 12. The molecule has 1 aromatic heterocycles. The predicted molar refractivity (Wildman–Crippen MR) is 135 cm³/mol. The molecule has 0 aliphatic rings. The quantitative estimate of drug-likeness (QED) is 0.312. The topological polar surface area (TPSA) is 53.4 Å². The number of anilines is 1. The number of pyridine rings is 1. The molecule has 0 bridgehead atoms. The van der Waals surface area contributed by atoms with Gasteiger partial charge in [-0.25, -0.2) is 4.98 Å². The number of nitrogens with zero attached hydrogens (tertiary/aromatic N) is 2. The molecule has 3 aromatic rings. The van der Waals surface area contributed by atoms with Crippen LogP contribution in [0.4, 0.5) is 5.82 Å². The van der Waals surface area contributed by atoms with Crippen molar-refractivity contribution in [3.63, 3.8) is 0 Å². The van der Waals surface area contributed by atoms with E-state index in [4.69, 9.17) is 4.98 Å². The Morgan fingerprint density at radius 3 is 2.34 bits per heavy atom. The van der Waals surface area contributed by atoms with Gasteiger partial charge in [0.25, 0.3) is 0 Å². The molecular formula is C28H36N2O2. The summed E-state index contributed by atoms with van der Waals surface area (Å²) in [5.41, 5.74) is 5.71. The molecule has 0 amide bonds. The Kier molecular flexibility index (Phi) is 8.66. The molecule has 0 saturated carbocycles. The van der Waals surface area contributed by atoms with E-state index in [1.807, 2.05) is 17.9 Å². The number of unbranched alkanes of at least 4 members (excludes halogenated alkanes) is 5. The maximum absolute atomic E-state index is 11.4. The summed E-state index contributed by atoms with van der Waals surface area (Å²) >= 11 is 0. The number of carboxylic acid groups (broad SMARTS) is 1. The van der Waals surface area contributed by atoms with E-state index in [2.05, 4.69) is 56.3 Å². The van der Waals surface area contributed by atoms with Gasteiger partial charge in [-0.3, -0.25) is 4.79 Å². The first kappa shape index (κ1) is 23.8. The van der Waals surface area contributed by atoms with Gasteiger partial charge in [0.1, 0.15) is 12.4 Å². The molecule has 4 nitrogen and oxygen atoms in total. The van der Waals surface area contributed by atoms with Crippen molar-refractivity contribution in [2.75, 3.05) is 18.0 Å². The molecule has 32 heavy (non-hydrogen) atoms. The van der Waals surface area contributed by atoms with Gasteiger partial charge in [0.2, 0.25) is 0 Å². The zero-order valence-corrected chi connectivity index (χ0v) is 19.7. The molecule has 0 atom stereocenters. The number of carboxylic acids is 1. The highest BCUT2D eigenvalue weighted by molar-refractivity contribution is 5.96. The van der Waals surface area contributed by atoms with E-state index in [-0.39, 0.29) is 6.54 Å². The van der Waals surface area contributed by atoms with Crippen LogP contribution in [0.15, 0.2) is 48.5 Å². The molecule has 1 N–H and O–H groups in total. The van der Waals surface area contributed by atoms with Gasteiger partial charge in [0.05, 0.1) is 5.52 Å². The van der Waals surface area contributed by atoms with E-state index < -0.39 is 5.97 Å². The SMILES string of the molecule is CCCCCCCCc1ccc2nc(N(CC)CC(=O)O)cc(-c3ccc(C)cc3)c2c1. The maximum Gasteiger partial charge on any atom is 0.323 e. The minimum Gasteiger partial charge on any atom is -0.480 e. The molecule has 0 aliphatic carbocycles. The highest BCUT2D eigenvalue weighted by atomic mass is 16.4. The summed E-state index contributed by atoms with van der Waals surface area (Å²) in [5, 5.41) is 10.5. The molecule has 4 heteroatoms. The lowest BCUT2D eigenvalue weighted by Gasteiger charge is -2.21. The summed E-state index contributed by atoms with van der Waals surface area (Å²) in [4.78, 5) is 18.0. The second-order valence-corrected chi connectivity index (χ2v) is 8.67. The van der Waals surface area contributed by atoms with Gasteiger partial charge in [-0.05, 0) is 61.6 Å².